The van der Waals surface area contributed by atoms with Gasteiger partial charge in [0, 0.05) is 26.8 Å². The summed E-state index contributed by atoms with van der Waals surface area (Å²) in [6.45, 7) is 0. The Bertz CT molecular complexity index is 3540. The Hall–Kier alpha value is -8.08. The zero-order chi connectivity index (χ0) is 44.6. The molecule has 1 nitrogen and oxygen atoms in total. The van der Waals surface area contributed by atoms with Crippen LogP contribution in [0.15, 0.2) is 273 Å². The first kappa shape index (κ1) is 40.4. The van der Waals surface area contributed by atoms with Gasteiger partial charge in [0.1, 0.15) is 0 Å². The number of hydrogen-bond acceptors (Lipinski definition) is 2. The average molecular weight is 888 g/mol. The highest BCUT2D eigenvalue weighted by Crippen LogP contribution is 2.47. The molecule has 67 heavy (non-hydrogen) atoms. The van der Waals surface area contributed by atoms with Gasteiger partial charge in [0.15, 0.2) is 8.07 Å². The molecule has 0 fully saturated rings. The summed E-state index contributed by atoms with van der Waals surface area (Å²) in [5.41, 5.74) is 10.7. The van der Waals surface area contributed by atoms with E-state index < -0.39 is 8.07 Å². The van der Waals surface area contributed by atoms with Crippen molar-refractivity contribution in [2.75, 3.05) is 4.90 Å². The maximum absolute atomic E-state index is 2.63. The van der Waals surface area contributed by atoms with E-state index in [2.05, 4.69) is 278 Å². The van der Waals surface area contributed by atoms with E-state index in [1.165, 1.54) is 85.1 Å². The van der Waals surface area contributed by atoms with E-state index in [1.807, 2.05) is 11.3 Å². The standard InChI is InChI=1S/C64H45NSSi/c1-5-18-49(19-6-1)59-30-16-31-60-61-32-17-33-62(64(61)66-63(59)60)65(52-42-36-50(37-43-52)58-29-15-21-48-20-13-14-28-57(48)58)51-40-34-46(35-41-51)47-38-44-56(45-39-47)67(53-22-7-2-8-23-53,54-24-9-3-10-25-54)55-26-11-4-12-27-55/h1-45H. The number of benzene rings is 11. The SMILES string of the molecule is c1ccc(-c2cccc3c2sc2c(N(c4ccc(-c5ccc([Si](c6ccccc6)(c6ccccc6)c6ccccc6)cc5)cc4)c4ccc(-c5cccc6ccccc56)cc4)cccc23)cc1. The highest BCUT2D eigenvalue weighted by molar-refractivity contribution is 7.27. The molecule has 0 spiro atoms. The van der Waals surface area contributed by atoms with E-state index in [-0.39, 0.29) is 0 Å². The van der Waals surface area contributed by atoms with E-state index in [0.717, 1.165) is 17.1 Å². The van der Waals surface area contributed by atoms with Crippen LogP contribution < -0.4 is 25.6 Å². The second-order valence-corrected chi connectivity index (χ2v) is 22.0. The molecule has 0 amide bonds. The third-order valence-corrected chi connectivity index (χ3v) is 19.5. The quantitative estimate of drug-likeness (QED) is 0.0977. The molecular weight excluding hydrogens is 843 g/mol. The van der Waals surface area contributed by atoms with E-state index in [0.29, 0.717) is 0 Å². The lowest BCUT2D eigenvalue weighted by atomic mass is 9.98. The van der Waals surface area contributed by atoms with Crippen LogP contribution in [0.2, 0.25) is 0 Å². The van der Waals surface area contributed by atoms with Gasteiger partial charge in [0.25, 0.3) is 0 Å². The second-order valence-electron chi connectivity index (χ2n) is 17.2. The van der Waals surface area contributed by atoms with Gasteiger partial charge in [-0.05, 0) is 95.2 Å². The zero-order valence-corrected chi connectivity index (χ0v) is 38.7. The first-order valence-corrected chi connectivity index (χ1v) is 25.8. The topological polar surface area (TPSA) is 3.24 Å². The lowest BCUT2D eigenvalue weighted by molar-refractivity contribution is 1.30. The van der Waals surface area contributed by atoms with Crippen LogP contribution >= 0.6 is 11.3 Å². The molecule has 0 aliphatic carbocycles. The van der Waals surface area contributed by atoms with Gasteiger partial charge in [-0.1, -0.05) is 243 Å². The lowest BCUT2D eigenvalue weighted by Gasteiger charge is -2.34. The highest BCUT2D eigenvalue weighted by Gasteiger charge is 2.41. The summed E-state index contributed by atoms with van der Waals surface area (Å²) in [4.78, 5) is 2.44. The minimum atomic E-state index is -2.63. The first-order chi connectivity index (χ1) is 33.2. The third-order valence-electron chi connectivity index (χ3n) is 13.5. The van der Waals surface area contributed by atoms with Crippen LogP contribution in [-0.2, 0) is 0 Å². The van der Waals surface area contributed by atoms with Crippen molar-refractivity contribution >= 4 is 88.2 Å². The number of nitrogens with zero attached hydrogens (tertiary/aromatic N) is 1. The molecule has 316 valence electrons. The minimum absolute atomic E-state index is 1.11. The van der Waals surface area contributed by atoms with Crippen molar-refractivity contribution < 1.29 is 0 Å². The predicted molar refractivity (Wildman–Crippen MR) is 291 cm³/mol. The Kier molecular flexibility index (Phi) is 10.5. The molecule has 11 aromatic carbocycles. The molecule has 0 atom stereocenters. The molecular formula is C64H45NSSi. The smallest absolute Gasteiger partial charge is 0.179 e. The summed E-state index contributed by atoms with van der Waals surface area (Å²) < 4.78 is 2.57. The highest BCUT2D eigenvalue weighted by atomic mass is 32.1. The second kappa shape index (κ2) is 17.4. The number of hydrogen-bond donors (Lipinski definition) is 0. The molecule has 0 bridgehead atoms. The summed E-state index contributed by atoms with van der Waals surface area (Å²) in [6.07, 6.45) is 0. The Balaban J connectivity index is 0.970. The van der Waals surface area contributed by atoms with Gasteiger partial charge in [0.05, 0.1) is 10.4 Å². The van der Waals surface area contributed by atoms with Crippen molar-refractivity contribution in [2.24, 2.45) is 0 Å². The predicted octanol–water partition coefficient (Wildman–Crippen LogP) is 15.1. The van der Waals surface area contributed by atoms with Crippen molar-refractivity contribution in [1.82, 2.24) is 0 Å². The molecule has 0 N–H and O–H groups in total. The van der Waals surface area contributed by atoms with Crippen LogP contribution in [0.3, 0.4) is 0 Å². The lowest BCUT2D eigenvalue weighted by Crippen LogP contribution is -2.74. The maximum atomic E-state index is 2.44. The molecule has 0 unspecified atom stereocenters. The molecule has 12 rings (SSSR count). The average Bonchev–Trinajstić information content (AvgIpc) is 3.81. The molecule has 0 aliphatic heterocycles. The van der Waals surface area contributed by atoms with Crippen molar-refractivity contribution in [3.8, 4) is 33.4 Å². The van der Waals surface area contributed by atoms with Crippen molar-refractivity contribution in [3.05, 3.63) is 273 Å². The molecule has 1 aromatic heterocycles. The van der Waals surface area contributed by atoms with Gasteiger partial charge in [0.2, 0.25) is 0 Å². The van der Waals surface area contributed by atoms with Gasteiger partial charge < -0.3 is 4.90 Å². The van der Waals surface area contributed by atoms with Gasteiger partial charge >= 0.3 is 0 Å². The van der Waals surface area contributed by atoms with Crippen LogP contribution in [0.4, 0.5) is 17.1 Å². The normalized spacial score (nSPS) is 11.6. The Labute approximate surface area is 397 Å². The summed E-state index contributed by atoms with van der Waals surface area (Å²) >= 11 is 1.89. The van der Waals surface area contributed by atoms with Gasteiger partial charge in [-0.3, -0.25) is 0 Å². The Morgan fingerprint density at radius 2 is 0.672 bits per heavy atom. The molecule has 0 aliphatic rings. The van der Waals surface area contributed by atoms with Gasteiger partial charge in [-0.2, -0.15) is 0 Å². The summed E-state index contributed by atoms with van der Waals surface area (Å²) in [6, 6.07) is 101. The van der Waals surface area contributed by atoms with E-state index in [1.54, 1.807) is 0 Å². The monoisotopic (exact) mass is 887 g/mol. The number of fused-ring (bicyclic) bond motifs is 4. The van der Waals surface area contributed by atoms with E-state index in [9.17, 15) is 0 Å². The minimum Gasteiger partial charge on any atom is -0.309 e. The van der Waals surface area contributed by atoms with Gasteiger partial charge in [-0.25, -0.2) is 0 Å². The Morgan fingerprint density at radius 1 is 0.269 bits per heavy atom. The molecule has 0 saturated heterocycles. The van der Waals surface area contributed by atoms with E-state index >= 15 is 0 Å². The molecule has 1 heterocycles. The van der Waals surface area contributed by atoms with Crippen molar-refractivity contribution in [1.29, 1.82) is 0 Å². The fourth-order valence-corrected chi connectivity index (χ4v) is 16.4. The van der Waals surface area contributed by atoms with Crippen LogP contribution in [-0.4, -0.2) is 8.07 Å². The number of anilines is 3. The fourth-order valence-electron chi connectivity index (χ4n) is 10.3. The summed E-state index contributed by atoms with van der Waals surface area (Å²) in [5.74, 6) is 0. The number of rotatable bonds is 10. The van der Waals surface area contributed by atoms with Crippen LogP contribution in [0, 0.1) is 0 Å². The maximum Gasteiger partial charge on any atom is 0.179 e. The summed E-state index contributed by atoms with van der Waals surface area (Å²) in [5, 5.41) is 10.5. The number of thiophene rings is 1. The van der Waals surface area contributed by atoms with Crippen LogP contribution in [0.5, 0.6) is 0 Å². The molecule has 0 radical (unpaired) electrons. The molecule has 3 heteroatoms. The largest absolute Gasteiger partial charge is 0.309 e. The molecule has 12 aromatic rings. The van der Waals surface area contributed by atoms with Crippen LogP contribution in [0.1, 0.15) is 0 Å². The third kappa shape index (κ3) is 7.17. The van der Waals surface area contributed by atoms with E-state index in [4.69, 9.17) is 0 Å². The van der Waals surface area contributed by atoms with Gasteiger partial charge in [-0.15, -0.1) is 11.3 Å². The summed E-state index contributed by atoms with van der Waals surface area (Å²) in [7, 11) is -2.63. The zero-order valence-electron chi connectivity index (χ0n) is 36.8. The van der Waals surface area contributed by atoms with Crippen molar-refractivity contribution in [3.63, 3.8) is 0 Å². The first-order valence-electron chi connectivity index (χ1n) is 23.0. The van der Waals surface area contributed by atoms with Crippen molar-refractivity contribution in [2.45, 2.75) is 0 Å². The van der Waals surface area contributed by atoms with Crippen LogP contribution in [0.25, 0.3) is 64.3 Å². The Morgan fingerprint density at radius 3 is 1.27 bits per heavy atom. The fraction of sp³-hybridized carbons (Fsp3) is 0. The molecule has 0 saturated carbocycles.